The van der Waals surface area contributed by atoms with Crippen LogP contribution in [0.2, 0.25) is 0 Å². The molecule has 1 aromatic carbocycles. The second-order valence-electron chi connectivity index (χ2n) is 4.44. The van der Waals surface area contributed by atoms with Gasteiger partial charge in [0.25, 0.3) is 0 Å². The number of para-hydroxylation sites is 1. The number of morpholine rings is 1. The van der Waals surface area contributed by atoms with Gasteiger partial charge < -0.3 is 20.3 Å². The van der Waals surface area contributed by atoms with E-state index < -0.39 is 0 Å². The van der Waals surface area contributed by atoms with Gasteiger partial charge >= 0.3 is 0 Å². The number of aryl methyl sites for hydroxylation is 1. The van der Waals surface area contributed by atoms with Gasteiger partial charge in [-0.3, -0.25) is 0 Å². The summed E-state index contributed by atoms with van der Waals surface area (Å²) in [5, 5.41) is 0.388. The van der Waals surface area contributed by atoms with Gasteiger partial charge in [0.15, 0.2) is 5.11 Å². The third-order valence-corrected chi connectivity index (χ3v) is 3.51. The first-order chi connectivity index (χ1) is 8.61. The van der Waals surface area contributed by atoms with Gasteiger partial charge in [0.2, 0.25) is 0 Å². The van der Waals surface area contributed by atoms with E-state index in [1.54, 1.807) is 0 Å². The molecule has 18 heavy (non-hydrogen) atoms. The molecule has 0 unspecified atom stereocenters. The largest absolute Gasteiger partial charge is 0.378 e. The van der Waals surface area contributed by atoms with Crippen molar-refractivity contribution in [3.8, 4) is 0 Å². The molecule has 0 saturated carbocycles. The first-order valence-electron chi connectivity index (χ1n) is 6.06. The van der Waals surface area contributed by atoms with Gasteiger partial charge in [0.05, 0.1) is 24.6 Å². The molecule has 5 heteroatoms. The van der Waals surface area contributed by atoms with Gasteiger partial charge in [-0.25, -0.2) is 0 Å². The quantitative estimate of drug-likeness (QED) is 0.821. The number of rotatable bonds is 2. The van der Waals surface area contributed by atoms with Crippen molar-refractivity contribution in [1.29, 1.82) is 0 Å². The van der Waals surface area contributed by atoms with Gasteiger partial charge in [-0.1, -0.05) is 12.1 Å². The zero-order valence-corrected chi connectivity index (χ0v) is 11.7. The van der Waals surface area contributed by atoms with Crippen LogP contribution in [0.1, 0.15) is 5.56 Å². The number of thiocarbonyl (C=S) groups is 1. The number of anilines is 2. The van der Waals surface area contributed by atoms with Crippen molar-refractivity contribution in [2.45, 2.75) is 6.92 Å². The molecule has 0 atom stereocenters. The summed E-state index contributed by atoms with van der Waals surface area (Å²) in [6.45, 7) is 5.42. The van der Waals surface area contributed by atoms with E-state index in [0.29, 0.717) is 5.11 Å². The first-order valence-corrected chi connectivity index (χ1v) is 6.47. The molecule has 98 valence electrons. The van der Waals surface area contributed by atoms with Crippen LogP contribution in [0.4, 0.5) is 11.4 Å². The van der Waals surface area contributed by atoms with Crippen molar-refractivity contribution < 1.29 is 4.74 Å². The average Bonchev–Trinajstić information content (AvgIpc) is 2.38. The molecule has 2 rings (SSSR count). The van der Waals surface area contributed by atoms with Gasteiger partial charge in [-0.05, 0) is 30.8 Å². The molecular formula is C13H19N3OS. The Labute approximate surface area is 113 Å². The summed E-state index contributed by atoms with van der Waals surface area (Å²) < 4.78 is 5.39. The van der Waals surface area contributed by atoms with Crippen LogP contribution in [0.5, 0.6) is 0 Å². The molecule has 1 heterocycles. The van der Waals surface area contributed by atoms with Crippen LogP contribution < -0.4 is 15.5 Å². The molecule has 0 spiro atoms. The lowest BCUT2D eigenvalue weighted by atomic mass is 10.1. The number of ether oxygens (including phenoxy) is 1. The van der Waals surface area contributed by atoms with Crippen molar-refractivity contribution in [2.75, 3.05) is 43.2 Å². The van der Waals surface area contributed by atoms with Gasteiger partial charge in [-0.2, -0.15) is 0 Å². The van der Waals surface area contributed by atoms with Crippen molar-refractivity contribution in [3.05, 3.63) is 23.8 Å². The monoisotopic (exact) mass is 265 g/mol. The van der Waals surface area contributed by atoms with Crippen LogP contribution in [0.3, 0.4) is 0 Å². The highest BCUT2D eigenvalue weighted by atomic mass is 32.1. The fourth-order valence-corrected chi connectivity index (χ4v) is 2.34. The Morgan fingerprint density at radius 1 is 1.39 bits per heavy atom. The highest BCUT2D eigenvalue weighted by molar-refractivity contribution is 7.80. The Bertz CT molecular complexity index is 444. The molecule has 0 radical (unpaired) electrons. The van der Waals surface area contributed by atoms with E-state index in [0.717, 1.165) is 32.0 Å². The standard InChI is InChI=1S/C13H19N3OS/c1-10-4-3-5-11(12(10)15(2)13(14)18)16-6-8-17-9-7-16/h3-5H,6-9H2,1-2H3,(H2,14,18). The minimum Gasteiger partial charge on any atom is -0.378 e. The smallest absolute Gasteiger partial charge is 0.170 e. The van der Waals surface area contributed by atoms with Crippen LogP contribution in [0, 0.1) is 6.92 Å². The zero-order chi connectivity index (χ0) is 13.1. The Balaban J connectivity index is 2.39. The van der Waals surface area contributed by atoms with Crippen LogP contribution in [0.15, 0.2) is 18.2 Å². The summed E-state index contributed by atoms with van der Waals surface area (Å²) in [5.74, 6) is 0. The molecule has 0 amide bonds. The van der Waals surface area contributed by atoms with Crippen LogP contribution in [-0.4, -0.2) is 38.5 Å². The Kier molecular flexibility index (Phi) is 4.04. The normalized spacial score (nSPS) is 15.6. The number of hydrogen-bond acceptors (Lipinski definition) is 3. The zero-order valence-electron chi connectivity index (χ0n) is 10.8. The summed E-state index contributed by atoms with van der Waals surface area (Å²) in [7, 11) is 1.91. The van der Waals surface area contributed by atoms with Crippen molar-refractivity contribution in [1.82, 2.24) is 0 Å². The minimum absolute atomic E-state index is 0.388. The molecule has 1 aliphatic rings. The molecule has 1 aromatic rings. The van der Waals surface area contributed by atoms with Gasteiger partial charge in [-0.15, -0.1) is 0 Å². The minimum atomic E-state index is 0.388. The predicted molar refractivity (Wildman–Crippen MR) is 79.4 cm³/mol. The van der Waals surface area contributed by atoms with Gasteiger partial charge in [0, 0.05) is 20.1 Å². The fourth-order valence-electron chi connectivity index (χ4n) is 2.25. The fraction of sp³-hybridized carbons (Fsp3) is 0.462. The lowest BCUT2D eigenvalue weighted by Gasteiger charge is -2.33. The van der Waals surface area contributed by atoms with Crippen LogP contribution in [-0.2, 0) is 4.74 Å². The van der Waals surface area contributed by atoms with Crippen LogP contribution >= 0.6 is 12.2 Å². The molecular weight excluding hydrogens is 246 g/mol. The molecule has 0 aliphatic carbocycles. The van der Waals surface area contributed by atoms with E-state index in [1.165, 1.54) is 11.3 Å². The second-order valence-corrected chi connectivity index (χ2v) is 4.86. The lowest BCUT2D eigenvalue weighted by molar-refractivity contribution is 0.123. The summed E-state index contributed by atoms with van der Waals surface area (Å²) in [6.07, 6.45) is 0. The third-order valence-electron chi connectivity index (χ3n) is 3.23. The Hall–Kier alpha value is -1.33. The van der Waals surface area contributed by atoms with Crippen molar-refractivity contribution >= 4 is 28.7 Å². The number of nitrogens with two attached hydrogens (primary N) is 1. The summed E-state index contributed by atoms with van der Waals surface area (Å²) in [5.41, 5.74) is 9.19. The predicted octanol–water partition coefficient (Wildman–Crippen LogP) is 1.51. The van der Waals surface area contributed by atoms with E-state index in [9.17, 15) is 0 Å². The number of nitrogens with zero attached hydrogens (tertiary/aromatic N) is 2. The molecule has 0 aromatic heterocycles. The van der Waals surface area contributed by atoms with Crippen LogP contribution in [0.25, 0.3) is 0 Å². The van der Waals surface area contributed by atoms with E-state index in [1.807, 2.05) is 11.9 Å². The highest BCUT2D eigenvalue weighted by Gasteiger charge is 2.19. The molecule has 2 N–H and O–H groups in total. The first kappa shape index (κ1) is 13.1. The maximum Gasteiger partial charge on any atom is 0.170 e. The topological polar surface area (TPSA) is 41.7 Å². The molecule has 1 fully saturated rings. The molecule has 1 aliphatic heterocycles. The molecule has 0 bridgehead atoms. The molecule has 4 nitrogen and oxygen atoms in total. The van der Waals surface area contributed by atoms with E-state index in [2.05, 4.69) is 30.0 Å². The molecule has 1 saturated heterocycles. The SMILES string of the molecule is Cc1cccc(N2CCOCC2)c1N(C)C(N)=S. The maximum atomic E-state index is 5.75. The van der Waals surface area contributed by atoms with Gasteiger partial charge in [0.1, 0.15) is 0 Å². The number of benzene rings is 1. The Morgan fingerprint density at radius 2 is 2.06 bits per heavy atom. The van der Waals surface area contributed by atoms with Crippen molar-refractivity contribution in [3.63, 3.8) is 0 Å². The summed E-state index contributed by atoms with van der Waals surface area (Å²) in [4.78, 5) is 4.19. The van der Waals surface area contributed by atoms with Crippen molar-refractivity contribution in [2.24, 2.45) is 5.73 Å². The second kappa shape index (κ2) is 5.54. The highest BCUT2D eigenvalue weighted by Crippen LogP contribution is 2.32. The average molecular weight is 265 g/mol. The van der Waals surface area contributed by atoms with E-state index in [4.69, 9.17) is 22.7 Å². The maximum absolute atomic E-state index is 5.75. The van der Waals surface area contributed by atoms with E-state index >= 15 is 0 Å². The Morgan fingerprint density at radius 3 is 2.67 bits per heavy atom. The summed E-state index contributed by atoms with van der Waals surface area (Å²) in [6, 6.07) is 6.26. The third kappa shape index (κ3) is 2.57. The summed E-state index contributed by atoms with van der Waals surface area (Å²) >= 11 is 5.08. The lowest BCUT2D eigenvalue weighted by Crippen LogP contribution is -2.39. The number of hydrogen-bond donors (Lipinski definition) is 1. The van der Waals surface area contributed by atoms with E-state index in [-0.39, 0.29) is 0 Å².